The smallest absolute Gasteiger partial charge is 0.413 e. The number of carbonyl (C=O) groups excluding carboxylic acids is 1. The zero-order valence-corrected chi connectivity index (χ0v) is 10.7. The summed E-state index contributed by atoms with van der Waals surface area (Å²) in [6.45, 7) is 1.18. The normalized spacial score (nSPS) is 13.1. The molecule has 0 aromatic heterocycles. The molecule has 8 heteroatoms. The predicted octanol–water partition coefficient (Wildman–Crippen LogP) is 1.38. The molecule has 1 unspecified atom stereocenters. The molecule has 2 N–H and O–H groups in total. The first-order chi connectivity index (χ1) is 9.42. The third-order valence-corrected chi connectivity index (χ3v) is 2.70. The van der Waals surface area contributed by atoms with Gasteiger partial charge in [0, 0.05) is 6.42 Å². The van der Waals surface area contributed by atoms with E-state index in [0.717, 1.165) is 0 Å². The van der Waals surface area contributed by atoms with Crippen LogP contribution < -0.4 is 5.32 Å². The van der Waals surface area contributed by atoms with Gasteiger partial charge in [-0.15, -0.1) is 0 Å². The highest BCUT2D eigenvalue weighted by Crippen LogP contribution is 2.12. The Morgan fingerprint density at radius 3 is 2.45 bits per heavy atom. The number of nitrogens with zero attached hydrogens (tertiary/aromatic N) is 1. The summed E-state index contributed by atoms with van der Waals surface area (Å²) >= 11 is 0. The molecular formula is C12H14N2O6. The lowest BCUT2D eigenvalue weighted by atomic mass is 10.1. The van der Waals surface area contributed by atoms with Gasteiger partial charge in [0.1, 0.15) is 6.61 Å². The first-order valence-corrected chi connectivity index (χ1v) is 5.79. The Bertz CT molecular complexity index is 488. The second-order valence-corrected chi connectivity index (χ2v) is 3.96. The van der Waals surface area contributed by atoms with E-state index in [4.69, 9.17) is 9.84 Å². The van der Waals surface area contributed by atoms with Crippen LogP contribution in [-0.2, 0) is 16.1 Å². The third-order valence-electron chi connectivity index (χ3n) is 2.70. The SMILES string of the molecule is CCC(NC(=O)OCc1ccccc1)(C(=O)O)[N+](=O)[O-]. The van der Waals surface area contributed by atoms with E-state index in [1.165, 1.54) is 6.92 Å². The van der Waals surface area contributed by atoms with E-state index in [1.54, 1.807) is 35.6 Å². The van der Waals surface area contributed by atoms with Gasteiger partial charge in [0.15, 0.2) is 0 Å². The number of hydrogen-bond donors (Lipinski definition) is 2. The molecule has 0 aliphatic rings. The number of amides is 1. The number of alkyl carbamates (subject to hydrolysis) is 1. The standard InChI is InChI=1S/C12H14N2O6/c1-2-12(10(15)16,14(18)19)13-11(17)20-8-9-6-4-3-5-7-9/h3-7H,2,8H2,1H3,(H,13,17)(H,15,16). The molecule has 0 bridgehead atoms. The summed E-state index contributed by atoms with van der Waals surface area (Å²) in [5.41, 5.74) is -1.89. The molecule has 1 aromatic rings. The fourth-order valence-corrected chi connectivity index (χ4v) is 1.47. The summed E-state index contributed by atoms with van der Waals surface area (Å²) in [5, 5.41) is 21.6. The van der Waals surface area contributed by atoms with Crippen molar-refractivity contribution in [2.45, 2.75) is 25.6 Å². The van der Waals surface area contributed by atoms with E-state index >= 15 is 0 Å². The largest absolute Gasteiger partial charge is 0.474 e. The maximum Gasteiger partial charge on any atom is 0.413 e. The van der Waals surface area contributed by atoms with Crippen molar-refractivity contribution in [3.8, 4) is 0 Å². The molecule has 1 aromatic carbocycles. The summed E-state index contributed by atoms with van der Waals surface area (Å²) in [6, 6.07) is 8.65. The minimum Gasteiger partial charge on any atom is -0.474 e. The van der Waals surface area contributed by atoms with Gasteiger partial charge in [-0.1, -0.05) is 37.3 Å². The lowest BCUT2D eigenvalue weighted by molar-refractivity contribution is -0.561. The van der Waals surface area contributed by atoms with E-state index in [0.29, 0.717) is 5.56 Å². The summed E-state index contributed by atoms with van der Waals surface area (Å²) in [7, 11) is 0. The zero-order chi connectivity index (χ0) is 15.2. The van der Waals surface area contributed by atoms with Crippen molar-refractivity contribution in [1.82, 2.24) is 5.32 Å². The summed E-state index contributed by atoms with van der Waals surface area (Å²) < 4.78 is 4.77. The Labute approximate surface area is 114 Å². The van der Waals surface area contributed by atoms with Crippen molar-refractivity contribution in [2.75, 3.05) is 0 Å². The summed E-state index contributed by atoms with van der Waals surface area (Å²) in [4.78, 5) is 32.3. The first kappa shape index (κ1) is 15.4. The molecule has 1 amide bonds. The Hall–Kier alpha value is -2.64. The highest BCUT2D eigenvalue weighted by molar-refractivity contribution is 5.82. The minimum absolute atomic E-state index is 0.107. The number of aliphatic carboxylic acids is 1. The van der Waals surface area contributed by atoms with E-state index in [2.05, 4.69) is 0 Å². The van der Waals surface area contributed by atoms with Crippen molar-refractivity contribution < 1.29 is 24.4 Å². The summed E-state index contributed by atoms with van der Waals surface area (Å²) in [5.74, 6) is -1.75. The molecule has 8 nitrogen and oxygen atoms in total. The molecule has 0 fully saturated rings. The van der Waals surface area contributed by atoms with E-state index < -0.39 is 29.1 Å². The average Bonchev–Trinajstić information content (AvgIpc) is 2.43. The van der Waals surface area contributed by atoms with Gasteiger partial charge in [-0.05, 0) is 5.56 Å². The van der Waals surface area contributed by atoms with Crippen LogP contribution in [0.25, 0.3) is 0 Å². The lowest BCUT2D eigenvalue weighted by Gasteiger charge is -2.20. The molecule has 0 saturated heterocycles. The number of rotatable bonds is 6. The number of ether oxygens (including phenoxy) is 1. The molecule has 0 radical (unpaired) electrons. The average molecular weight is 282 g/mol. The molecular weight excluding hydrogens is 268 g/mol. The van der Waals surface area contributed by atoms with Gasteiger partial charge in [-0.2, -0.15) is 0 Å². The lowest BCUT2D eigenvalue weighted by Crippen LogP contribution is -2.59. The molecule has 0 heterocycles. The molecule has 0 spiro atoms. The number of carboxylic acids is 1. The maximum atomic E-state index is 11.5. The predicted molar refractivity (Wildman–Crippen MR) is 67.4 cm³/mol. The van der Waals surface area contributed by atoms with Crippen LogP contribution in [0.5, 0.6) is 0 Å². The second kappa shape index (κ2) is 6.50. The fourth-order valence-electron chi connectivity index (χ4n) is 1.47. The third kappa shape index (κ3) is 3.44. The topological polar surface area (TPSA) is 119 Å². The van der Waals surface area contributed by atoms with Crippen LogP contribution >= 0.6 is 0 Å². The zero-order valence-electron chi connectivity index (χ0n) is 10.7. The molecule has 0 saturated carbocycles. The van der Waals surface area contributed by atoms with Crippen LogP contribution in [0.1, 0.15) is 18.9 Å². The Balaban J connectivity index is 2.68. The van der Waals surface area contributed by atoms with E-state index in [9.17, 15) is 19.7 Å². The monoisotopic (exact) mass is 282 g/mol. The minimum atomic E-state index is -2.58. The number of hydrogen-bond acceptors (Lipinski definition) is 5. The van der Waals surface area contributed by atoms with Crippen LogP contribution in [0.4, 0.5) is 4.79 Å². The van der Waals surface area contributed by atoms with Crippen molar-refractivity contribution in [1.29, 1.82) is 0 Å². The van der Waals surface area contributed by atoms with Crippen LogP contribution in [0.2, 0.25) is 0 Å². The Morgan fingerprint density at radius 2 is 2.00 bits per heavy atom. The second-order valence-electron chi connectivity index (χ2n) is 3.96. The van der Waals surface area contributed by atoms with Crippen LogP contribution in [0, 0.1) is 10.1 Å². The highest BCUT2D eigenvalue weighted by Gasteiger charge is 2.52. The fraction of sp³-hybridized carbons (Fsp3) is 0.333. The maximum absolute atomic E-state index is 11.5. The molecule has 0 aliphatic carbocycles. The molecule has 1 atom stereocenters. The van der Waals surface area contributed by atoms with Gasteiger partial charge in [0.05, 0.1) is 4.92 Å². The van der Waals surface area contributed by atoms with Gasteiger partial charge < -0.3 is 9.84 Å². The number of nitro groups is 1. The van der Waals surface area contributed by atoms with Crippen molar-refractivity contribution in [2.24, 2.45) is 0 Å². The quantitative estimate of drug-likeness (QED) is 0.462. The van der Waals surface area contributed by atoms with Crippen LogP contribution in [0.3, 0.4) is 0 Å². The Kier molecular flexibility index (Phi) is 5.01. The molecule has 1 rings (SSSR count). The first-order valence-electron chi connectivity index (χ1n) is 5.79. The molecule has 108 valence electrons. The van der Waals surface area contributed by atoms with Crippen molar-refractivity contribution >= 4 is 12.1 Å². The van der Waals surface area contributed by atoms with E-state index in [-0.39, 0.29) is 6.61 Å². The number of benzene rings is 1. The van der Waals surface area contributed by atoms with Crippen LogP contribution in [0.15, 0.2) is 30.3 Å². The molecule has 20 heavy (non-hydrogen) atoms. The number of carboxylic acid groups (broad SMARTS) is 1. The number of carbonyl (C=O) groups is 2. The molecule has 0 aliphatic heterocycles. The van der Waals surface area contributed by atoms with Gasteiger partial charge >= 0.3 is 17.7 Å². The number of nitrogens with one attached hydrogen (secondary N) is 1. The Morgan fingerprint density at radius 1 is 1.40 bits per heavy atom. The van der Waals surface area contributed by atoms with E-state index in [1.807, 2.05) is 0 Å². The van der Waals surface area contributed by atoms with Gasteiger partial charge in [-0.25, -0.2) is 14.9 Å². The summed E-state index contributed by atoms with van der Waals surface area (Å²) in [6.07, 6.45) is -1.56. The van der Waals surface area contributed by atoms with Gasteiger partial charge in [-0.3, -0.25) is 10.1 Å². The highest BCUT2D eigenvalue weighted by atomic mass is 16.6. The van der Waals surface area contributed by atoms with Gasteiger partial charge in [0.2, 0.25) is 0 Å². The van der Waals surface area contributed by atoms with Gasteiger partial charge in [0.25, 0.3) is 0 Å². The van der Waals surface area contributed by atoms with Crippen LogP contribution in [-0.4, -0.2) is 27.8 Å². The van der Waals surface area contributed by atoms with Crippen molar-refractivity contribution in [3.63, 3.8) is 0 Å². The van der Waals surface area contributed by atoms with Crippen molar-refractivity contribution in [3.05, 3.63) is 46.0 Å².